The van der Waals surface area contributed by atoms with E-state index in [1.165, 1.54) is 35.2 Å². The highest BCUT2D eigenvalue weighted by atomic mass is 35.5. The summed E-state index contributed by atoms with van der Waals surface area (Å²) in [4.78, 5) is 28.7. The van der Waals surface area contributed by atoms with Crippen molar-refractivity contribution < 1.29 is 18.0 Å². The molecule has 2 amide bonds. The molecule has 1 fully saturated rings. The molecular formula is C30H31Cl4N3O4S. The van der Waals surface area contributed by atoms with Crippen molar-refractivity contribution >= 4 is 73.9 Å². The smallest absolute Gasteiger partial charge is 0.264 e. The minimum Gasteiger partial charge on any atom is -0.352 e. The zero-order valence-corrected chi connectivity index (χ0v) is 27.0. The van der Waals surface area contributed by atoms with E-state index in [1.54, 1.807) is 37.3 Å². The molecule has 0 radical (unpaired) electrons. The Bertz CT molecular complexity index is 1560. The summed E-state index contributed by atoms with van der Waals surface area (Å²) < 4.78 is 28.9. The second-order valence-electron chi connectivity index (χ2n) is 10.4. The third-order valence-corrected chi connectivity index (χ3v) is 10.3. The van der Waals surface area contributed by atoms with Crippen LogP contribution in [0.5, 0.6) is 0 Å². The molecule has 4 rings (SSSR count). The zero-order chi connectivity index (χ0) is 30.6. The van der Waals surface area contributed by atoms with Crippen molar-refractivity contribution in [2.75, 3.05) is 10.8 Å². The summed E-state index contributed by atoms with van der Waals surface area (Å²) >= 11 is 25.0. The molecule has 3 aromatic rings. The Morgan fingerprint density at radius 2 is 1.55 bits per heavy atom. The topological polar surface area (TPSA) is 86.8 Å². The summed E-state index contributed by atoms with van der Waals surface area (Å²) in [5.74, 6) is -0.953. The molecule has 224 valence electrons. The highest BCUT2D eigenvalue weighted by molar-refractivity contribution is 7.92. The largest absolute Gasteiger partial charge is 0.352 e. The number of nitrogens with zero attached hydrogens (tertiary/aromatic N) is 2. The lowest BCUT2D eigenvalue weighted by molar-refractivity contribution is -0.139. The van der Waals surface area contributed by atoms with Gasteiger partial charge >= 0.3 is 0 Å². The first-order chi connectivity index (χ1) is 19.9. The van der Waals surface area contributed by atoms with Crippen LogP contribution in [0, 0.1) is 6.92 Å². The van der Waals surface area contributed by atoms with E-state index in [0.29, 0.717) is 15.6 Å². The molecule has 1 saturated carbocycles. The van der Waals surface area contributed by atoms with Crippen LogP contribution >= 0.6 is 46.4 Å². The molecule has 0 aromatic heterocycles. The average molecular weight is 671 g/mol. The summed E-state index contributed by atoms with van der Waals surface area (Å²) in [6.45, 7) is 2.80. The minimum absolute atomic E-state index is 0.0172. The van der Waals surface area contributed by atoms with Gasteiger partial charge in [0.1, 0.15) is 12.6 Å². The lowest BCUT2D eigenvalue weighted by atomic mass is 10.1. The highest BCUT2D eigenvalue weighted by Crippen LogP contribution is 2.33. The van der Waals surface area contributed by atoms with Gasteiger partial charge in [-0.25, -0.2) is 8.42 Å². The standard InChI is InChI=1S/C30H31Cl4N3O4S/c1-19-7-11-24(12-8-19)42(40,41)37(28-16-22(31)10-14-26(28)33)18-29(38)36(17-21-9-13-25(32)27(34)15-21)20(2)30(39)35-23-5-3-4-6-23/h7-16,20,23H,3-6,17-18H2,1-2H3,(H,35,39)/t20-/m0/s1. The van der Waals surface area contributed by atoms with Crippen molar-refractivity contribution in [2.45, 2.75) is 63.1 Å². The van der Waals surface area contributed by atoms with Crippen LogP contribution in [0.2, 0.25) is 20.1 Å². The lowest BCUT2D eigenvalue weighted by Gasteiger charge is -2.32. The van der Waals surface area contributed by atoms with E-state index in [1.807, 2.05) is 6.92 Å². The van der Waals surface area contributed by atoms with Gasteiger partial charge in [0.15, 0.2) is 0 Å². The number of benzene rings is 3. The number of hydrogen-bond donors (Lipinski definition) is 1. The van der Waals surface area contributed by atoms with Gasteiger partial charge in [0, 0.05) is 17.6 Å². The Kier molecular flexibility index (Phi) is 10.7. The molecule has 3 aromatic carbocycles. The monoisotopic (exact) mass is 669 g/mol. The number of carbonyl (C=O) groups is 2. The number of rotatable bonds is 10. The van der Waals surface area contributed by atoms with Crippen molar-refractivity contribution in [3.63, 3.8) is 0 Å². The molecule has 1 aliphatic carbocycles. The molecule has 0 unspecified atom stereocenters. The van der Waals surface area contributed by atoms with Crippen LogP contribution in [-0.2, 0) is 26.2 Å². The summed E-state index contributed by atoms with van der Waals surface area (Å²) in [5, 5.41) is 3.99. The molecule has 42 heavy (non-hydrogen) atoms. The van der Waals surface area contributed by atoms with Gasteiger partial charge in [-0.1, -0.05) is 83.0 Å². The third kappa shape index (κ3) is 7.71. The van der Waals surface area contributed by atoms with E-state index in [-0.39, 0.29) is 39.1 Å². The maximum absolute atomic E-state index is 14.1. The summed E-state index contributed by atoms with van der Waals surface area (Å²) in [6, 6.07) is 14.7. The van der Waals surface area contributed by atoms with Gasteiger partial charge in [-0.15, -0.1) is 0 Å². The first-order valence-electron chi connectivity index (χ1n) is 13.4. The highest BCUT2D eigenvalue weighted by Gasteiger charge is 2.34. The number of hydrogen-bond acceptors (Lipinski definition) is 4. The Hall–Kier alpha value is -2.49. The maximum atomic E-state index is 14.1. The van der Waals surface area contributed by atoms with Gasteiger partial charge in [0.25, 0.3) is 10.0 Å². The lowest BCUT2D eigenvalue weighted by Crippen LogP contribution is -2.52. The second-order valence-corrected chi connectivity index (χ2v) is 13.9. The second kappa shape index (κ2) is 13.9. The normalized spacial score (nSPS) is 14.4. The Labute approximate surface area is 266 Å². The van der Waals surface area contributed by atoms with E-state index >= 15 is 0 Å². The van der Waals surface area contributed by atoms with Crippen molar-refractivity contribution in [1.82, 2.24) is 10.2 Å². The Morgan fingerprint density at radius 1 is 0.905 bits per heavy atom. The fraction of sp³-hybridized carbons (Fsp3) is 0.333. The van der Waals surface area contributed by atoms with Crippen LogP contribution in [0.15, 0.2) is 65.6 Å². The van der Waals surface area contributed by atoms with Crippen LogP contribution in [-0.4, -0.2) is 43.8 Å². The zero-order valence-electron chi connectivity index (χ0n) is 23.1. The van der Waals surface area contributed by atoms with Crippen molar-refractivity contribution in [3.8, 4) is 0 Å². The predicted molar refractivity (Wildman–Crippen MR) is 169 cm³/mol. The number of nitrogens with one attached hydrogen (secondary N) is 1. The van der Waals surface area contributed by atoms with Gasteiger partial charge in [-0.05, 0) is 74.7 Å². The van der Waals surface area contributed by atoms with E-state index in [9.17, 15) is 18.0 Å². The van der Waals surface area contributed by atoms with Crippen LogP contribution in [0.4, 0.5) is 5.69 Å². The summed E-state index contributed by atoms with van der Waals surface area (Å²) in [6.07, 6.45) is 3.79. The number of halogens is 4. The third-order valence-electron chi connectivity index (χ3n) is 7.27. The van der Waals surface area contributed by atoms with E-state index in [2.05, 4.69) is 5.32 Å². The van der Waals surface area contributed by atoms with Crippen LogP contribution in [0.3, 0.4) is 0 Å². The number of carbonyl (C=O) groups excluding carboxylic acids is 2. The fourth-order valence-corrected chi connectivity index (χ4v) is 7.02. The van der Waals surface area contributed by atoms with Gasteiger partial charge in [0.05, 0.1) is 25.7 Å². The maximum Gasteiger partial charge on any atom is 0.264 e. The molecule has 1 atom stereocenters. The molecule has 7 nitrogen and oxygen atoms in total. The van der Waals surface area contributed by atoms with Crippen LogP contribution < -0.4 is 9.62 Å². The molecule has 12 heteroatoms. The number of anilines is 1. The van der Waals surface area contributed by atoms with E-state index in [4.69, 9.17) is 46.4 Å². The molecule has 1 N–H and O–H groups in total. The summed E-state index contributed by atoms with van der Waals surface area (Å²) in [7, 11) is -4.28. The number of aryl methyl sites for hydroxylation is 1. The van der Waals surface area contributed by atoms with E-state index < -0.39 is 28.5 Å². The van der Waals surface area contributed by atoms with E-state index in [0.717, 1.165) is 35.6 Å². The molecule has 1 aliphatic rings. The van der Waals surface area contributed by atoms with Gasteiger partial charge in [-0.2, -0.15) is 0 Å². The van der Waals surface area contributed by atoms with Crippen molar-refractivity contribution in [3.05, 3.63) is 91.9 Å². The first kappa shape index (κ1) is 32.4. The molecule has 0 aliphatic heterocycles. The molecule has 0 spiro atoms. The van der Waals surface area contributed by atoms with Gasteiger partial charge in [0.2, 0.25) is 11.8 Å². The first-order valence-corrected chi connectivity index (χ1v) is 16.4. The van der Waals surface area contributed by atoms with Gasteiger partial charge < -0.3 is 10.2 Å². The van der Waals surface area contributed by atoms with Crippen LogP contribution in [0.25, 0.3) is 0 Å². The van der Waals surface area contributed by atoms with Crippen molar-refractivity contribution in [2.24, 2.45) is 0 Å². The molecule has 0 bridgehead atoms. The fourth-order valence-electron chi connectivity index (χ4n) is 4.84. The molecule has 0 heterocycles. The van der Waals surface area contributed by atoms with Crippen molar-refractivity contribution in [1.29, 1.82) is 0 Å². The quantitative estimate of drug-likeness (QED) is 0.246. The number of amides is 2. The number of sulfonamides is 1. The van der Waals surface area contributed by atoms with Crippen LogP contribution in [0.1, 0.15) is 43.7 Å². The minimum atomic E-state index is -4.28. The average Bonchev–Trinajstić information content (AvgIpc) is 3.46. The predicted octanol–water partition coefficient (Wildman–Crippen LogP) is 7.28. The Morgan fingerprint density at radius 3 is 2.19 bits per heavy atom. The SMILES string of the molecule is Cc1ccc(S(=O)(=O)N(CC(=O)N(Cc2ccc(Cl)c(Cl)c2)[C@@H](C)C(=O)NC2CCCC2)c2cc(Cl)ccc2Cl)cc1. The summed E-state index contributed by atoms with van der Waals surface area (Å²) in [5.41, 5.74) is 1.52. The molecule has 0 saturated heterocycles. The molecular weight excluding hydrogens is 640 g/mol. The van der Waals surface area contributed by atoms with Gasteiger partial charge in [-0.3, -0.25) is 13.9 Å². The Balaban J connectivity index is 1.73.